The standard InChI is InChI=1S/C16H11N3O2S/c1-9-12(6-10(7-17)15(21)18-9)13-8-22-16(19-13)11-4-2-3-5-14(11)20/h2-6,8,20H,1H3,(H,18,21). The average molecular weight is 309 g/mol. The van der Waals surface area contributed by atoms with Crippen LogP contribution in [-0.2, 0) is 0 Å². The Hall–Kier alpha value is -2.91. The first kappa shape index (κ1) is 14.0. The molecule has 0 aliphatic rings. The minimum atomic E-state index is -0.403. The largest absolute Gasteiger partial charge is 0.507 e. The molecule has 1 aromatic carbocycles. The molecule has 108 valence electrons. The van der Waals surface area contributed by atoms with Crippen LogP contribution in [0, 0.1) is 18.3 Å². The fourth-order valence-corrected chi connectivity index (χ4v) is 3.00. The zero-order valence-corrected chi connectivity index (χ0v) is 12.4. The number of hydrogen-bond donors (Lipinski definition) is 2. The van der Waals surface area contributed by atoms with Gasteiger partial charge in [0, 0.05) is 16.6 Å². The molecule has 6 heteroatoms. The predicted octanol–water partition coefficient (Wildman–Crippen LogP) is 3.05. The van der Waals surface area contributed by atoms with Crippen LogP contribution in [0.25, 0.3) is 21.8 Å². The molecule has 0 aliphatic carbocycles. The smallest absolute Gasteiger partial charge is 0.266 e. The molecule has 0 unspecified atom stereocenters. The van der Waals surface area contributed by atoms with Crippen molar-refractivity contribution in [3.63, 3.8) is 0 Å². The van der Waals surface area contributed by atoms with Crippen LogP contribution in [0.4, 0.5) is 0 Å². The third kappa shape index (κ3) is 2.38. The van der Waals surface area contributed by atoms with Crippen molar-refractivity contribution >= 4 is 11.3 Å². The Morgan fingerprint density at radius 3 is 2.82 bits per heavy atom. The van der Waals surface area contributed by atoms with E-state index in [4.69, 9.17) is 5.26 Å². The van der Waals surface area contributed by atoms with Crippen LogP contribution in [0.15, 0.2) is 40.5 Å². The molecular formula is C16H11N3O2S. The number of nitrogens with one attached hydrogen (secondary N) is 1. The van der Waals surface area contributed by atoms with Gasteiger partial charge in [0.05, 0.1) is 11.3 Å². The highest BCUT2D eigenvalue weighted by molar-refractivity contribution is 7.13. The molecule has 0 radical (unpaired) electrons. The molecule has 0 fully saturated rings. The van der Waals surface area contributed by atoms with E-state index in [1.54, 1.807) is 25.1 Å². The summed E-state index contributed by atoms with van der Waals surface area (Å²) in [4.78, 5) is 18.8. The number of aromatic nitrogens is 2. The molecule has 0 aliphatic heterocycles. The van der Waals surface area contributed by atoms with Crippen molar-refractivity contribution in [1.82, 2.24) is 9.97 Å². The minimum Gasteiger partial charge on any atom is -0.507 e. The van der Waals surface area contributed by atoms with E-state index < -0.39 is 5.56 Å². The van der Waals surface area contributed by atoms with Crippen molar-refractivity contribution < 1.29 is 5.11 Å². The molecule has 2 heterocycles. The normalized spacial score (nSPS) is 10.4. The van der Waals surface area contributed by atoms with Gasteiger partial charge in [0.15, 0.2) is 0 Å². The average Bonchev–Trinajstić information content (AvgIpc) is 2.97. The zero-order chi connectivity index (χ0) is 15.7. The second-order valence-corrected chi connectivity index (χ2v) is 5.58. The summed E-state index contributed by atoms with van der Waals surface area (Å²) >= 11 is 1.39. The lowest BCUT2D eigenvalue weighted by Gasteiger charge is -2.03. The first-order valence-electron chi connectivity index (χ1n) is 6.48. The van der Waals surface area contributed by atoms with Crippen LogP contribution in [-0.4, -0.2) is 15.1 Å². The van der Waals surface area contributed by atoms with E-state index in [0.29, 0.717) is 27.5 Å². The summed E-state index contributed by atoms with van der Waals surface area (Å²) in [5.74, 6) is 0.166. The second kappa shape index (κ2) is 5.47. The van der Waals surface area contributed by atoms with Gasteiger partial charge in [-0.1, -0.05) is 12.1 Å². The van der Waals surface area contributed by atoms with E-state index in [1.807, 2.05) is 17.5 Å². The SMILES string of the molecule is Cc1[nH]c(=O)c(C#N)cc1-c1csc(-c2ccccc2O)n1. The lowest BCUT2D eigenvalue weighted by atomic mass is 10.1. The number of aryl methyl sites for hydroxylation is 1. The van der Waals surface area contributed by atoms with E-state index in [0.717, 1.165) is 0 Å². The maximum Gasteiger partial charge on any atom is 0.266 e. The number of benzene rings is 1. The summed E-state index contributed by atoms with van der Waals surface area (Å²) in [6.07, 6.45) is 0. The number of rotatable bonds is 2. The van der Waals surface area contributed by atoms with E-state index in [1.165, 1.54) is 17.4 Å². The van der Waals surface area contributed by atoms with Crippen molar-refractivity contribution in [2.45, 2.75) is 6.92 Å². The third-order valence-corrected chi connectivity index (χ3v) is 4.15. The van der Waals surface area contributed by atoms with Crippen molar-refractivity contribution in [3.05, 3.63) is 57.3 Å². The number of aromatic amines is 1. The summed E-state index contributed by atoms with van der Waals surface area (Å²) in [5.41, 5.74) is 2.32. The van der Waals surface area contributed by atoms with E-state index in [-0.39, 0.29) is 11.3 Å². The summed E-state index contributed by atoms with van der Waals surface area (Å²) < 4.78 is 0. The van der Waals surface area contributed by atoms with Gasteiger partial charge in [-0.15, -0.1) is 11.3 Å². The summed E-state index contributed by atoms with van der Waals surface area (Å²) in [6.45, 7) is 1.76. The highest BCUT2D eigenvalue weighted by Gasteiger charge is 2.13. The van der Waals surface area contributed by atoms with Gasteiger partial charge in [0.25, 0.3) is 5.56 Å². The Bertz CT molecular complexity index is 951. The van der Waals surface area contributed by atoms with Gasteiger partial charge in [-0.2, -0.15) is 5.26 Å². The summed E-state index contributed by atoms with van der Waals surface area (Å²) in [7, 11) is 0. The Kier molecular flexibility index (Phi) is 3.49. The number of para-hydroxylation sites is 1. The van der Waals surface area contributed by atoms with Crippen LogP contribution in [0.3, 0.4) is 0 Å². The van der Waals surface area contributed by atoms with Gasteiger partial charge in [0.1, 0.15) is 22.4 Å². The van der Waals surface area contributed by atoms with Crippen LogP contribution in [0.2, 0.25) is 0 Å². The molecule has 3 rings (SSSR count). The molecule has 22 heavy (non-hydrogen) atoms. The lowest BCUT2D eigenvalue weighted by molar-refractivity contribution is 0.477. The van der Waals surface area contributed by atoms with Crippen molar-refractivity contribution in [2.24, 2.45) is 0 Å². The Balaban J connectivity index is 2.11. The highest BCUT2D eigenvalue weighted by Crippen LogP contribution is 2.34. The first-order valence-corrected chi connectivity index (χ1v) is 7.36. The second-order valence-electron chi connectivity index (χ2n) is 4.72. The molecule has 2 N–H and O–H groups in total. The van der Waals surface area contributed by atoms with Crippen LogP contribution < -0.4 is 5.56 Å². The van der Waals surface area contributed by atoms with E-state index in [2.05, 4.69) is 9.97 Å². The molecular weight excluding hydrogens is 298 g/mol. The molecule has 0 saturated carbocycles. The third-order valence-electron chi connectivity index (χ3n) is 3.27. The topological polar surface area (TPSA) is 89.8 Å². The molecule has 0 bridgehead atoms. The number of aromatic hydroxyl groups is 1. The van der Waals surface area contributed by atoms with Gasteiger partial charge in [-0.05, 0) is 25.1 Å². The Morgan fingerprint density at radius 2 is 2.09 bits per heavy atom. The highest BCUT2D eigenvalue weighted by atomic mass is 32.1. The zero-order valence-electron chi connectivity index (χ0n) is 11.6. The first-order chi connectivity index (χ1) is 10.6. The monoisotopic (exact) mass is 309 g/mol. The van der Waals surface area contributed by atoms with Crippen molar-refractivity contribution in [3.8, 4) is 33.6 Å². The summed E-state index contributed by atoms with van der Waals surface area (Å²) in [5, 5.41) is 21.4. The fourth-order valence-electron chi connectivity index (χ4n) is 2.15. The predicted molar refractivity (Wildman–Crippen MR) is 84.7 cm³/mol. The van der Waals surface area contributed by atoms with Gasteiger partial charge in [0.2, 0.25) is 0 Å². The number of phenols is 1. The molecule has 0 atom stereocenters. The lowest BCUT2D eigenvalue weighted by Crippen LogP contribution is -2.11. The molecule has 0 spiro atoms. The number of thiazole rings is 1. The quantitative estimate of drug-likeness (QED) is 0.761. The van der Waals surface area contributed by atoms with Gasteiger partial charge in [-0.3, -0.25) is 4.79 Å². The number of pyridine rings is 1. The van der Waals surface area contributed by atoms with Crippen LogP contribution in [0.1, 0.15) is 11.3 Å². The number of nitriles is 1. The number of H-pyrrole nitrogens is 1. The minimum absolute atomic E-state index is 0.0534. The van der Waals surface area contributed by atoms with Gasteiger partial charge in [-0.25, -0.2) is 4.98 Å². The van der Waals surface area contributed by atoms with Crippen molar-refractivity contribution in [1.29, 1.82) is 5.26 Å². The van der Waals surface area contributed by atoms with E-state index in [9.17, 15) is 9.90 Å². The Morgan fingerprint density at radius 1 is 1.32 bits per heavy atom. The molecule has 0 saturated heterocycles. The number of hydrogen-bond acceptors (Lipinski definition) is 5. The molecule has 2 aromatic heterocycles. The van der Waals surface area contributed by atoms with Gasteiger partial charge >= 0.3 is 0 Å². The molecule has 3 aromatic rings. The Labute approximate surface area is 130 Å². The fraction of sp³-hybridized carbons (Fsp3) is 0.0625. The van der Waals surface area contributed by atoms with E-state index >= 15 is 0 Å². The number of nitrogens with zero attached hydrogens (tertiary/aromatic N) is 2. The molecule has 5 nitrogen and oxygen atoms in total. The summed E-state index contributed by atoms with van der Waals surface area (Å²) in [6, 6.07) is 10.4. The number of phenolic OH excluding ortho intramolecular Hbond substituents is 1. The maximum atomic E-state index is 11.6. The maximum absolute atomic E-state index is 11.6. The van der Waals surface area contributed by atoms with Gasteiger partial charge < -0.3 is 10.1 Å². The van der Waals surface area contributed by atoms with Crippen LogP contribution >= 0.6 is 11.3 Å². The molecule has 0 amide bonds. The van der Waals surface area contributed by atoms with Crippen molar-refractivity contribution in [2.75, 3.05) is 0 Å². The van der Waals surface area contributed by atoms with Crippen LogP contribution in [0.5, 0.6) is 5.75 Å².